The summed E-state index contributed by atoms with van der Waals surface area (Å²) in [5.41, 5.74) is 1.10. The molecule has 0 aromatic heterocycles. The number of carbonyl (C=O) groups excluding carboxylic acids is 4. The van der Waals surface area contributed by atoms with Gasteiger partial charge in [0.1, 0.15) is 12.4 Å². The molecule has 1 aliphatic carbocycles. The average molecular weight is 537 g/mol. The van der Waals surface area contributed by atoms with E-state index in [4.69, 9.17) is 9.47 Å². The molecule has 1 aliphatic rings. The fourth-order valence-electron chi connectivity index (χ4n) is 4.16. The molecule has 0 bridgehead atoms. The van der Waals surface area contributed by atoms with Gasteiger partial charge >= 0.3 is 5.97 Å². The summed E-state index contributed by atoms with van der Waals surface area (Å²) < 4.78 is 35.8. The van der Waals surface area contributed by atoms with Crippen LogP contribution in [-0.2, 0) is 24.2 Å². The van der Waals surface area contributed by atoms with Gasteiger partial charge in [-0.3, -0.25) is 19.2 Å². The van der Waals surface area contributed by atoms with Crippen LogP contribution in [0.4, 0.5) is 17.1 Å². The molecule has 0 heterocycles. The quantitative estimate of drug-likeness (QED) is 0.323. The third kappa shape index (κ3) is 5.14. The summed E-state index contributed by atoms with van der Waals surface area (Å²) in [5.74, 6) is -2.03. The maximum Gasteiger partial charge on any atom is 0.302 e. The Morgan fingerprint density at radius 2 is 1.45 bits per heavy atom. The van der Waals surface area contributed by atoms with Crippen LogP contribution in [-0.4, -0.2) is 51.3 Å². The molecule has 0 unspecified atom stereocenters. The Bertz CT molecular complexity index is 1590. The monoisotopic (exact) mass is 536 g/mol. The third-order valence-electron chi connectivity index (χ3n) is 5.84. The van der Waals surface area contributed by atoms with Crippen LogP contribution in [0.15, 0.2) is 59.5 Å². The second-order valence-corrected chi connectivity index (χ2v) is 10.6. The molecule has 0 radical (unpaired) electrons. The molecule has 3 aromatic carbocycles. The minimum absolute atomic E-state index is 0.0259. The first kappa shape index (κ1) is 26.6. The van der Waals surface area contributed by atoms with Crippen molar-refractivity contribution in [2.45, 2.75) is 18.7 Å². The van der Waals surface area contributed by atoms with E-state index in [2.05, 4.69) is 10.6 Å². The first-order valence-corrected chi connectivity index (χ1v) is 13.1. The summed E-state index contributed by atoms with van der Waals surface area (Å²) in [5, 5.41) is 5.65. The largest absolute Gasteiger partial charge is 0.495 e. The number of ether oxygens (including phenoxy) is 2. The number of benzene rings is 3. The SMILES string of the molecule is COc1ccc(S(=O)(=O)CCOC(C)=O)cc1Nc1ccc(NC(C)=O)c2c1C(=O)c1ccccc1C2=O. The molecule has 10 nitrogen and oxygen atoms in total. The molecule has 38 heavy (non-hydrogen) atoms. The van der Waals surface area contributed by atoms with Gasteiger partial charge in [-0.15, -0.1) is 0 Å². The summed E-state index contributed by atoms with van der Waals surface area (Å²) in [7, 11) is -2.44. The lowest BCUT2D eigenvalue weighted by atomic mass is 9.82. The molecule has 0 aliphatic heterocycles. The average Bonchev–Trinajstić information content (AvgIpc) is 2.87. The van der Waals surface area contributed by atoms with Gasteiger partial charge in [0.2, 0.25) is 5.91 Å². The Balaban J connectivity index is 1.81. The number of ketones is 2. The predicted octanol–water partition coefficient (Wildman–Crippen LogP) is 3.51. The van der Waals surface area contributed by atoms with Gasteiger partial charge < -0.3 is 20.1 Å². The van der Waals surface area contributed by atoms with Gasteiger partial charge in [0, 0.05) is 25.0 Å². The molecule has 0 saturated carbocycles. The van der Waals surface area contributed by atoms with E-state index in [9.17, 15) is 27.6 Å². The predicted molar refractivity (Wildman–Crippen MR) is 139 cm³/mol. The van der Waals surface area contributed by atoms with Gasteiger partial charge in [-0.1, -0.05) is 24.3 Å². The van der Waals surface area contributed by atoms with Crippen molar-refractivity contribution >= 4 is 50.3 Å². The number of sulfone groups is 1. The zero-order valence-electron chi connectivity index (χ0n) is 20.8. The van der Waals surface area contributed by atoms with Crippen molar-refractivity contribution in [1.82, 2.24) is 0 Å². The molecule has 4 rings (SSSR count). The van der Waals surface area contributed by atoms with Crippen molar-refractivity contribution < 1.29 is 37.1 Å². The van der Waals surface area contributed by atoms with Crippen LogP contribution in [0.1, 0.15) is 45.7 Å². The fourth-order valence-corrected chi connectivity index (χ4v) is 5.27. The highest BCUT2D eigenvalue weighted by Crippen LogP contribution is 2.39. The van der Waals surface area contributed by atoms with E-state index in [0.717, 1.165) is 0 Å². The van der Waals surface area contributed by atoms with E-state index < -0.39 is 39.0 Å². The smallest absolute Gasteiger partial charge is 0.302 e. The number of anilines is 3. The van der Waals surface area contributed by atoms with Crippen LogP contribution < -0.4 is 15.4 Å². The van der Waals surface area contributed by atoms with Gasteiger partial charge in [0.05, 0.1) is 45.9 Å². The van der Waals surface area contributed by atoms with Crippen molar-refractivity contribution in [3.05, 3.63) is 76.9 Å². The van der Waals surface area contributed by atoms with E-state index in [1.54, 1.807) is 24.3 Å². The minimum atomic E-state index is -3.83. The standard InChI is InChI=1S/C27H24N2O8S/c1-15(30)28-20-9-10-21(25-24(20)26(32)18-6-4-5-7-19(18)27(25)33)29-22-14-17(8-11-23(22)36-3)38(34,35)13-12-37-16(2)31/h4-11,14,29H,12-13H2,1-3H3,(H,28,30). The number of methoxy groups -OCH3 is 1. The highest BCUT2D eigenvalue weighted by atomic mass is 32.2. The number of amides is 1. The second-order valence-electron chi connectivity index (χ2n) is 8.44. The van der Waals surface area contributed by atoms with Crippen LogP contribution in [0.2, 0.25) is 0 Å². The molecular formula is C27H24N2O8S. The summed E-state index contributed by atoms with van der Waals surface area (Å²) in [6.07, 6.45) is 0. The Labute approximate surface area is 218 Å². The van der Waals surface area contributed by atoms with Crippen molar-refractivity contribution in [2.24, 2.45) is 0 Å². The summed E-state index contributed by atoms with van der Waals surface area (Å²) in [4.78, 5) is 49.8. The molecule has 0 spiro atoms. The second kappa shape index (κ2) is 10.5. The van der Waals surface area contributed by atoms with Crippen LogP contribution in [0, 0.1) is 0 Å². The molecule has 1 amide bonds. The molecule has 0 fully saturated rings. The van der Waals surface area contributed by atoms with E-state index in [0.29, 0.717) is 0 Å². The van der Waals surface area contributed by atoms with Crippen LogP contribution in [0.3, 0.4) is 0 Å². The summed E-state index contributed by atoms with van der Waals surface area (Å²) in [6, 6.07) is 13.5. The van der Waals surface area contributed by atoms with E-state index >= 15 is 0 Å². The normalized spacial score (nSPS) is 12.3. The molecular weight excluding hydrogens is 512 g/mol. The molecule has 2 N–H and O–H groups in total. The number of nitrogens with one attached hydrogen (secondary N) is 2. The van der Waals surface area contributed by atoms with Gasteiger partial charge in [-0.25, -0.2) is 8.42 Å². The number of rotatable bonds is 8. The van der Waals surface area contributed by atoms with E-state index in [1.165, 1.54) is 51.3 Å². The lowest BCUT2D eigenvalue weighted by molar-refractivity contribution is -0.140. The topological polar surface area (TPSA) is 145 Å². The first-order chi connectivity index (χ1) is 18.0. The molecule has 11 heteroatoms. The van der Waals surface area contributed by atoms with Gasteiger partial charge in [0.25, 0.3) is 0 Å². The minimum Gasteiger partial charge on any atom is -0.495 e. The van der Waals surface area contributed by atoms with Crippen LogP contribution >= 0.6 is 0 Å². The molecule has 196 valence electrons. The van der Waals surface area contributed by atoms with Crippen molar-refractivity contribution in [1.29, 1.82) is 0 Å². The van der Waals surface area contributed by atoms with Gasteiger partial charge in [-0.05, 0) is 30.3 Å². The fraction of sp³-hybridized carbons (Fsp3) is 0.185. The first-order valence-electron chi connectivity index (χ1n) is 11.5. The maximum atomic E-state index is 13.6. The van der Waals surface area contributed by atoms with Gasteiger partial charge in [-0.2, -0.15) is 0 Å². The maximum absolute atomic E-state index is 13.6. The van der Waals surface area contributed by atoms with E-state index in [-0.39, 0.29) is 56.6 Å². The zero-order chi connectivity index (χ0) is 27.6. The van der Waals surface area contributed by atoms with Gasteiger partial charge in [0.15, 0.2) is 21.4 Å². The zero-order valence-corrected chi connectivity index (χ0v) is 21.6. The summed E-state index contributed by atoms with van der Waals surface area (Å²) >= 11 is 0. The van der Waals surface area contributed by atoms with Crippen LogP contribution in [0.25, 0.3) is 0 Å². The third-order valence-corrected chi connectivity index (χ3v) is 7.52. The summed E-state index contributed by atoms with van der Waals surface area (Å²) in [6.45, 7) is 2.17. The van der Waals surface area contributed by atoms with Crippen molar-refractivity contribution in [2.75, 3.05) is 30.1 Å². The highest BCUT2D eigenvalue weighted by Gasteiger charge is 2.34. The van der Waals surface area contributed by atoms with Crippen LogP contribution in [0.5, 0.6) is 5.75 Å². The van der Waals surface area contributed by atoms with Crippen molar-refractivity contribution in [3.8, 4) is 5.75 Å². The number of hydrogen-bond acceptors (Lipinski definition) is 9. The Hall–Kier alpha value is -4.51. The number of esters is 1. The lowest BCUT2D eigenvalue weighted by Crippen LogP contribution is -2.24. The lowest BCUT2D eigenvalue weighted by Gasteiger charge is -2.24. The Kier molecular flexibility index (Phi) is 7.31. The van der Waals surface area contributed by atoms with E-state index in [1.807, 2.05) is 0 Å². The molecule has 0 atom stereocenters. The molecule has 3 aromatic rings. The number of fused-ring (bicyclic) bond motifs is 2. The highest BCUT2D eigenvalue weighted by molar-refractivity contribution is 7.91. The number of carbonyl (C=O) groups is 4. The van der Waals surface area contributed by atoms with Crippen molar-refractivity contribution in [3.63, 3.8) is 0 Å². The Morgan fingerprint density at radius 1 is 0.842 bits per heavy atom. The molecule has 0 saturated heterocycles. The number of hydrogen-bond donors (Lipinski definition) is 2. The Morgan fingerprint density at radius 3 is 2.03 bits per heavy atom.